The Bertz CT molecular complexity index is 726. The van der Waals surface area contributed by atoms with E-state index in [0.29, 0.717) is 15.6 Å². The van der Waals surface area contributed by atoms with Crippen LogP contribution < -0.4 is 0 Å². The summed E-state index contributed by atoms with van der Waals surface area (Å²) in [5, 5.41) is 4.54. The second-order valence-corrected chi connectivity index (χ2v) is 8.60. The summed E-state index contributed by atoms with van der Waals surface area (Å²) >= 11 is 8.32. The van der Waals surface area contributed by atoms with Crippen molar-refractivity contribution in [3.8, 4) is 5.69 Å². The highest BCUT2D eigenvalue weighted by Gasteiger charge is 2.21. The van der Waals surface area contributed by atoms with Crippen molar-refractivity contribution in [1.82, 2.24) is 14.7 Å². The second-order valence-electron chi connectivity index (χ2n) is 5.76. The van der Waals surface area contributed by atoms with E-state index in [1.165, 1.54) is 29.5 Å². The van der Waals surface area contributed by atoms with Gasteiger partial charge in [0.25, 0.3) is 0 Å². The molecule has 1 aromatic carbocycles. The van der Waals surface area contributed by atoms with E-state index in [-0.39, 0.29) is 5.91 Å². The van der Waals surface area contributed by atoms with Crippen molar-refractivity contribution in [3.63, 3.8) is 0 Å². The fourth-order valence-electron chi connectivity index (χ4n) is 2.68. The van der Waals surface area contributed by atoms with Crippen molar-refractivity contribution in [2.45, 2.75) is 24.1 Å². The molecule has 1 aliphatic heterocycles. The maximum absolute atomic E-state index is 12.3. The van der Waals surface area contributed by atoms with Crippen molar-refractivity contribution in [1.29, 1.82) is 0 Å². The van der Waals surface area contributed by atoms with E-state index in [1.54, 1.807) is 4.68 Å². The van der Waals surface area contributed by atoms with E-state index in [2.05, 4.69) is 12.0 Å². The normalized spacial score (nSPS) is 18.1. The summed E-state index contributed by atoms with van der Waals surface area (Å²) in [6.07, 6.45) is 2.33. The molecule has 1 amide bonds. The molecular weight excluding hydrogens is 346 g/mol. The van der Waals surface area contributed by atoms with Gasteiger partial charge in [-0.15, -0.1) is 5.10 Å². The predicted octanol–water partition coefficient (Wildman–Crippen LogP) is 4.01. The number of benzene rings is 1. The Labute approximate surface area is 149 Å². The van der Waals surface area contributed by atoms with Gasteiger partial charge in [0, 0.05) is 13.1 Å². The van der Waals surface area contributed by atoms with E-state index in [9.17, 15) is 4.79 Å². The third-order valence-electron chi connectivity index (χ3n) is 3.86. The van der Waals surface area contributed by atoms with Crippen molar-refractivity contribution < 1.29 is 4.79 Å². The van der Waals surface area contributed by atoms with Gasteiger partial charge in [-0.3, -0.25) is 4.79 Å². The average molecular weight is 366 g/mol. The number of carbonyl (C=O) groups is 1. The molecule has 0 bridgehead atoms. The molecule has 1 fully saturated rings. The highest BCUT2D eigenvalue weighted by Crippen LogP contribution is 2.25. The van der Waals surface area contributed by atoms with Gasteiger partial charge in [-0.1, -0.05) is 48.2 Å². The molecule has 2 heterocycles. The van der Waals surface area contributed by atoms with Crippen LogP contribution in [0.25, 0.3) is 5.69 Å². The summed E-state index contributed by atoms with van der Waals surface area (Å²) in [5.74, 6) is 1.25. The molecule has 7 heteroatoms. The van der Waals surface area contributed by atoms with Crippen LogP contribution in [0.2, 0.25) is 0 Å². The fourth-order valence-corrected chi connectivity index (χ4v) is 4.95. The molecule has 3 rings (SSSR count). The van der Waals surface area contributed by atoms with Crippen LogP contribution in [0.1, 0.15) is 19.8 Å². The molecule has 2 aromatic rings. The predicted molar refractivity (Wildman–Crippen MR) is 98.0 cm³/mol. The summed E-state index contributed by atoms with van der Waals surface area (Å²) in [4.78, 5) is 14.3. The highest BCUT2D eigenvalue weighted by atomic mass is 32.2. The number of nitrogens with zero attached hydrogens (tertiary/aromatic N) is 3. The number of hydrogen-bond acceptors (Lipinski definition) is 5. The van der Waals surface area contributed by atoms with Crippen LogP contribution in [0.15, 0.2) is 34.7 Å². The SMILES string of the molecule is C[C@H]1CCCN(C(=O)CSc2nn(-c3ccccc3)c(=S)s2)C1. The van der Waals surface area contributed by atoms with Crippen LogP contribution in [-0.4, -0.2) is 39.4 Å². The number of carbonyl (C=O) groups excluding carboxylic acids is 1. The van der Waals surface area contributed by atoms with Crippen LogP contribution in [0, 0.1) is 9.87 Å². The Morgan fingerprint density at radius 3 is 2.96 bits per heavy atom. The largest absolute Gasteiger partial charge is 0.342 e. The monoisotopic (exact) mass is 365 g/mol. The van der Waals surface area contributed by atoms with Gasteiger partial charge in [0.1, 0.15) is 0 Å². The zero-order valence-electron chi connectivity index (χ0n) is 13.0. The Morgan fingerprint density at radius 2 is 2.22 bits per heavy atom. The molecule has 0 unspecified atom stereocenters. The molecule has 0 spiro atoms. The summed E-state index contributed by atoms with van der Waals surface area (Å²) in [6, 6.07) is 9.84. The molecule has 4 nitrogen and oxygen atoms in total. The number of aromatic nitrogens is 2. The summed E-state index contributed by atoms with van der Waals surface area (Å²) in [6.45, 7) is 3.98. The molecule has 0 aliphatic carbocycles. The Hall–Kier alpha value is -1.18. The van der Waals surface area contributed by atoms with E-state index >= 15 is 0 Å². The minimum Gasteiger partial charge on any atom is -0.342 e. The second kappa shape index (κ2) is 7.59. The molecule has 122 valence electrons. The Kier molecular flexibility index (Phi) is 5.50. The zero-order valence-corrected chi connectivity index (χ0v) is 15.4. The lowest BCUT2D eigenvalue weighted by Gasteiger charge is -2.30. The first-order valence-electron chi connectivity index (χ1n) is 7.69. The van der Waals surface area contributed by atoms with Crippen molar-refractivity contribution in [2.24, 2.45) is 5.92 Å². The van der Waals surface area contributed by atoms with Crippen molar-refractivity contribution >= 4 is 41.2 Å². The maximum atomic E-state index is 12.3. The number of likely N-dealkylation sites (tertiary alicyclic amines) is 1. The van der Waals surface area contributed by atoms with Gasteiger partial charge in [-0.25, -0.2) is 4.68 Å². The summed E-state index contributed by atoms with van der Waals surface area (Å²) < 4.78 is 3.31. The molecule has 1 saturated heterocycles. The van der Waals surface area contributed by atoms with Gasteiger partial charge in [-0.2, -0.15) is 0 Å². The molecule has 1 atom stereocenters. The third-order valence-corrected chi connectivity index (χ3v) is 6.21. The minimum atomic E-state index is 0.203. The molecule has 23 heavy (non-hydrogen) atoms. The maximum Gasteiger partial charge on any atom is 0.233 e. The topological polar surface area (TPSA) is 38.1 Å². The smallest absolute Gasteiger partial charge is 0.233 e. The number of piperidine rings is 1. The van der Waals surface area contributed by atoms with E-state index in [4.69, 9.17) is 12.2 Å². The molecular formula is C16H19N3OS3. The number of para-hydroxylation sites is 1. The first kappa shape index (κ1) is 16.7. The number of amides is 1. The first-order valence-corrected chi connectivity index (χ1v) is 9.90. The van der Waals surface area contributed by atoms with E-state index in [0.717, 1.165) is 29.5 Å². The van der Waals surface area contributed by atoms with Crippen LogP contribution >= 0.6 is 35.3 Å². The Morgan fingerprint density at radius 1 is 1.43 bits per heavy atom. The van der Waals surface area contributed by atoms with Gasteiger partial charge in [0.15, 0.2) is 8.29 Å². The lowest BCUT2D eigenvalue weighted by atomic mass is 10.0. The lowest BCUT2D eigenvalue weighted by molar-refractivity contribution is -0.130. The number of rotatable bonds is 4. The quantitative estimate of drug-likeness (QED) is 0.606. The fraction of sp³-hybridized carbons (Fsp3) is 0.438. The van der Waals surface area contributed by atoms with E-state index in [1.807, 2.05) is 35.2 Å². The minimum absolute atomic E-state index is 0.203. The Balaban J connectivity index is 1.63. The molecule has 0 N–H and O–H groups in total. The summed E-state index contributed by atoms with van der Waals surface area (Å²) in [7, 11) is 0. The van der Waals surface area contributed by atoms with Gasteiger partial charge in [-0.05, 0) is 43.1 Å². The van der Waals surface area contributed by atoms with Crippen LogP contribution in [0.5, 0.6) is 0 Å². The molecule has 1 aliphatic rings. The third kappa shape index (κ3) is 4.22. The molecule has 0 radical (unpaired) electrons. The highest BCUT2D eigenvalue weighted by molar-refractivity contribution is 8.01. The van der Waals surface area contributed by atoms with Gasteiger partial charge >= 0.3 is 0 Å². The average Bonchev–Trinajstić information content (AvgIpc) is 2.94. The lowest BCUT2D eigenvalue weighted by Crippen LogP contribution is -2.40. The zero-order chi connectivity index (χ0) is 16.2. The van der Waals surface area contributed by atoms with Crippen LogP contribution in [0.4, 0.5) is 0 Å². The standard InChI is InChI=1S/C16H19N3OS3/c1-12-6-5-9-18(10-12)14(20)11-22-15-17-19(16(21)23-15)13-7-3-2-4-8-13/h2-4,7-8,12H,5-6,9-11H2,1H3/t12-/m0/s1. The molecule has 0 saturated carbocycles. The van der Waals surface area contributed by atoms with Crippen molar-refractivity contribution in [2.75, 3.05) is 18.8 Å². The van der Waals surface area contributed by atoms with Crippen LogP contribution in [0.3, 0.4) is 0 Å². The number of hydrogen-bond donors (Lipinski definition) is 0. The first-order chi connectivity index (χ1) is 11.1. The molecule has 1 aromatic heterocycles. The van der Waals surface area contributed by atoms with Gasteiger partial charge < -0.3 is 4.90 Å². The van der Waals surface area contributed by atoms with Crippen molar-refractivity contribution in [3.05, 3.63) is 34.3 Å². The van der Waals surface area contributed by atoms with Gasteiger partial charge in [0.05, 0.1) is 11.4 Å². The van der Waals surface area contributed by atoms with Gasteiger partial charge in [0.2, 0.25) is 5.91 Å². The van der Waals surface area contributed by atoms with E-state index < -0.39 is 0 Å². The summed E-state index contributed by atoms with van der Waals surface area (Å²) in [5.41, 5.74) is 0.955. The number of thioether (sulfide) groups is 1. The van der Waals surface area contributed by atoms with Crippen LogP contribution in [-0.2, 0) is 4.79 Å².